The molecule has 2 unspecified atom stereocenters. The van der Waals surface area contributed by atoms with Crippen molar-refractivity contribution in [2.24, 2.45) is 16.5 Å². The van der Waals surface area contributed by atoms with Crippen LogP contribution >= 0.6 is 11.6 Å². The highest BCUT2D eigenvalue weighted by molar-refractivity contribution is 7.92. The minimum Gasteiger partial charge on any atom is -0.370 e. The Morgan fingerprint density at radius 2 is 1.02 bits per heavy atom. The second-order valence-corrected chi connectivity index (χ2v) is 20.4. The van der Waals surface area contributed by atoms with Crippen LogP contribution in [0.3, 0.4) is 0 Å². The second kappa shape index (κ2) is 17.7. The van der Waals surface area contributed by atoms with Crippen molar-refractivity contribution < 1.29 is 34.8 Å². The number of hydrogen-bond donors (Lipinski definition) is 2. The monoisotopic (exact) mass is 775 g/mol. The number of amides is 1. The molecule has 2 fully saturated rings. The van der Waals surface area contributed by atoms with Crippen LogP contribution in [0, 0.1) is 13.8 Å². The fraction of sp³-hybridized carbons (Fsp3) is 0.545. The molecule has 2 aliphatic rings. The van der Waals surface area contributed by atoms with Crippen molar-refractivity contribution in [3.63, 3.8) is 0 Å². The molecular formula is C33H46ClN3O8S4. The lowest BCUT2D eigenvalue weighted by atomic mass is 10.1. The van der Waals surface area contributed by atoms with Crippen LogP contribution in [-0.2, 0) is 41.3 Å². The number of sulfone groups is 2. The molecule has 0 bridgehead atoms. The first-order valence-electron chi connectivity index (χ1n) is 16.2. The van der Waals surface area contributed by atoms with Crippen LogP contribution in [0.25, 0.3) is 0 Å². The predicted molar refractivity (Wildman–Crippen MR) is 195 cm³/mol. The Hall–Kier alpha value is -2.46. The van der Waals surface area contributed by atoms with Crippen LogP contribution in [0.5, 0.6) is 0 Å². The van der Waals surface area contributed by atoms with Gasteiger partial charge in [0.2, 0.25) is 0 Å². The quantitative estimate of drug-likeness (QED) is 0.154. The summed E-state index contributed by atoms with van der Waals surface area (Å²) in [6, 6.07) is 5.58. The van der Waals surface area contributed by atoms with Crippen molar-refractivity contribution in [2.75, 3.05) is 12.5 Å². The minimum atomic E-state index is -3.68. The molecule has 2 aromatic rings. The third kappa shape index (κ3) is 11.3. The summed E-state index contributed by atoms with van der Waals surface area (Å²) in [7, 11) is -10.1. The zero-order valence-corrected chi connectivity index (χ0v) is 32.4. The number of rotatable bonds is 8. The summed E-state index contributed by atoms with van der Waals surface area (Å²) in [6.07, 6.45) is 13.9. The summed E-state index contributed by atoms with van der Waals surface area (Å²) >= 11 is 5.52. The van der Waals surface area contributed by atoms with Gasteiger partial charge in [0.1, 0.15) is 0 Å². The van der Waals surface area contributed by atoms with Crippen molar-refractivity contribution in [3.05, 3.63) is 46.5 Å². The third-order valence-corrected chi connectivity index (χ3v) is 15.1. The summed E-state index contributed by atoms with van der Waals surface area (Å²) in [5, 5.41) is -0.814. The lowest BCUT2D eigenvalue weighted by molar-refractivity contribution is 0.100. The SMILES string of the molecule is Cc1cc(S(=O)C2CCCCCC2)c(S(C)(=O)=O)cc1C(=O)Cl.Cc1cc(S(=O)C2CCCCCC2)c(S(C)(=O)=O)cc1C(=O)N=C(N)N. The van der Waals surface area contributed by atoms with Crippen molar-refractivity contribution >= 4 is 70.0 Å². The molecule has 0 saturated heterocycles. The Balaban J connectivity index is 0.000000267. The van der Waals surface area contributed by atoms with Crippen molar-refractivity contribution in [1.29, 1.82) is 0 Å². The number of halogens is 1. The Morgan fingerprint density at radius 1 is 0.673 bits per heavy atom. The van der Waals surface area contributed by atoms with E-state index in [0.29, 0.717) is 16.0 Å². The van der Waals surface area contributed by atoms with Gasteiger partial charge in [-0.15, -0.1) is 0 Å². The molecule has 4 N–H and O–H groups in total. The van der Waals surface area contributed by atoms with Crippen molar-refractivity contribution in [3.8, 4) is 0 Å². The summed E-state index contributed by atoms with van der Waals surface area (Å²) in [5.41, 5.74) is 11.7. The molecule has 0 spiro atoms. The molecular weight excluding hydrogens is 730 g/mol. The van der Waals surface area contributed by atoms with Gasteiger partial charge in [-0.2, -0.15) is 4.99 Å². The molecule has 2 aromatic carbocycles. The summed E-state index contributed by atoms with van der Waals surface area (Å²) in [4.78, 5) is 27.5. The number of hydrogen-bond acceptors (Lipinski definition) is 8. The average Bonchev–Trinajstić information content (AvgIpc) is 3.45. The molecule has 2 aliphatic carbocycles. The minimum absolute atomic E-state index is 0.0325. The topological polar surface area (TPSA) is 201 Å². The van der Waals surface area contributed by atoms with Gasteiger partial charge in [-0.3, -0.25) is 18.0 Å². The van der Waals surface area contributed by atoms with Gasteiger partial charge in [-0.05, 0) is 86.5 Å². The first kappa shape index (κ1) is 41.0. The maximum atomic E-state index is 13.1. The Labute approximate surface area is 299 Å². The first-order valence-corrected chi connectivity index (χ1v) is 22.8. The van der Waals surface area contributed by atoms with Gasteiger partial charge in [0.15, 0.2) is 25.6 Å². The molecule has 272 valence electrons. The molecule has 1 amide bonds. The van der Waals surface area contributed by atoms with E-state index in [1.54, 1.807) is 19.9 Å². The highest BCUT2D eigenvalue weighted by Crippen LogP contribution is 2.32. The second-order valence-electron chi connectivity index (χ2n) is 12.7. The van der Waals surface area contributed by atoms with Crippen LogP contribution in [0.1, 0.15) is 109 Å². The maximum absolute atomic E-state index is 13.1. The van der Waals surface area contributed by atoms with E-state index < -0.39 is 58.4 Å². The van der Waals surface area contributed by atoms with E-state index in [-0.39, 0.29) is 36.3 Å². The van der Waals surface area contributed by atoms with E-state index in [4.69, 9.17) is 23.1 Å². The van der Waals surface area contributed by atoms with Crippen LogP contribution < -0.4 is 11.5 Å². The average molecular weight is 776 g/mol. The molecule has 0 aliphatic heterocycles. The Kier molecular flexibility index (Phi) is 14.8. The van der Waals surface area contributed by atoms with E-state index in [0.717, 1.165) is 89.6 Å². The van der Waals surface area contributed by atoms with Gasteiger partial charge in [0.05, 0.1) is 41.2 Å². The molecule has 16 heteroatoms. The molecule has 0 heterocycles. The Bertz CT molecular complexity index is 1860. The smallest absolute Gasteiger partial charge is 0.280 e. The fourth-order valence-corrected chi connectivity index (χ4v) is 12.6. The van der Waals surface area contributed by atoms with E-state index in [1.807, 2.05) is 0 Å². The number of guanidine groups is 1. The highest BCUT2D eigenvalue weighted by Gasteiger charge is 2.29. The summed E-state index contributed by atoms with van der Waals surface area (Å²) in [6.45, 7) is 3.32. The highest BCUT2D eigenvalue weighted by atomic mass is 35.5. The van der Waals surface area contributed by atoms with Gasteiger partial charge in [0.25, 0.3) is 11.1 Å². The van der Waals surface area contributed by atoms with Crippen molar-refractivity contribution in [1.82, 2.24) is 0 Å². The lowest BCUT2D eigenvalue weighted by Crippen LogP contribution is -2.24. The van der Waals surface area contributed by atoms with Gasteiger partial charge in [0, 0.05) is 34.1 Å². The molecule has 0 radical (unpaired) electrons. The largest absolute Gasteiger partial charge is 0.370 e. The van der Waals surface area contributed by atoms with E-state index in [9.17, 15) is 34.8 Å². The molecule has 4 rings (SSSR count). The van der Waals surface area contributed by atoms with E-state index >= 15 is 0 Å². The predicted octanol–water partition coefficient (Wildman–Crippen LogP) is 5.25. The lowest BCUT2D eigenvalue weighted by Gasteiger charge is -2.17. The van der Waals surface area contributed by atoms with E-state index in [2.05, 4.69) is 4.99 Å². The number of carbonyl (C=O) groups is 2. The van der Waals surface area contributed by atoms with Gasteiger partial charge in [-0.1, -0.05) is 51.4 Å². The number of benzene rings is 2. The fourth-order valence-electron chi connectivity index (χ4n) is 6.11. The normalized spacial score (nSPS) is 17.8. The molecule has 2 atom stereocenters. The van der Waals surface area contributed by atoms with Crippen LogP contribution in [0.4, 0.5) is 0 Å². The van der Waals surface area contributed by atoms with Crippen molar-refractivity contribution in [2.45, 2.75) is 121 Å². The number of nitrogens with two attached hydrogens (primary N) is 2. The molecule has 2 saturated carbocycles. The zero-order chi connectivity index (χ0) is 36.7. The maximum Gasteiger partial charge on any atom is 0.280 e. The van der Waals surface area contributed by atoms with Gasteiger partial charge in [-0.25, -0.2) is 16.8 Å². The zero-order valence-electron chi connectivity index (χ0n) is 28.3. The number of nitrogens with zero attached hydrogens (tertiary/aromatic N) is 1. The standard InChI is InChI=1S/C17H25N3O4S2.C16H21ClO4S2/c1-11-9-14(25(22)12-7-5-3-4-6-8-12)15(26(2,23)24)10-13(11)16(21)20-17(18)19;1-11-9-14(22(19)12-7-5-3-4-6-8-12)15(23(2,20)21)10-13(11)16(17)18/h9-10,12H,3-8H2,1-2H3,(H4,18,19,20,21);9-10,12H,3-8H2,1-2H3. The van der Waals surface area contributed by atoms with E-state index in [1.165, 1.54) is 18.2 Å². The number of aryl methyl sites for hydroxylation is 2. The molecule has 0 aromatic heterocycles. The summed E-state index contributed by atoms with van der Waals surface area (Å²) in [5.74, 6) is -1.12. The van der Waals surface area contributed by atoms with Gasteiger partial charge < -0.3 is 11.5 Å². The first-order chi connectivity index (χ1) is 22.8. The van der Waals surface area contributed by atoms with Crippen LogP contribution in [0.2, 0.25) is 0 Å². The molecule has 11 nitrogen and oxygen atoms in total. The van der Waals surface area contributed by atoms with Gasteiger partial charge >= 0.3 is 0 Å². The third-order valence-electron chi connectivity index (χ3n) is 8.70. The van der Waals surface area contributed by atoms with Crippen LogP contribution in [-0.4, -0.2) is 65.4 Å². The Morgan fingerprint density at radius 3 is 1.35 bits per heavy atom. The number of carbonyl (C=O) groups excluding carboxylic acids is 2. The number of aliphatic imine (C=N–C) groups is 1. The summed E-state index contributed by atoms with van der Waals surface area (Å²) < 4.78 is 74.9. The molecule has 49 heavy (non-hydrogen) atoms. The van der Waals surface area contributed by atoms with Crippen LogP contribution in [0.15, 0.2) is 48.8 Å².